The molecule has 3 aromatic rings. The highest BCUT2D eigenvalue weighted by Crippen LogP contribution is 2.30. The second kappa shape index (κ2) is 7.96. The normalized spacial score (nSPS) is 12.2. The molecule has 0 bridgehead atoms. The molecule has 1 aromatic carbocycles. The van der Waals surface area contributed by atoms with Gasteiger partial charge in [-0.1, -0.05) is 30.1 Å². The van der Waals surface area contributed by atoms with Gasteiger partial charge in [0.15, 0.2) is 0 Å². The zero-order valence-corrected chi connectivity index (χ0v) is 17.6. The number of hydrogen-bond acceptors (Lipinski definition) is 5. The van der Waals surface area contributed by atoms with Gasteiger partial charge in [0.1, 0.15) is 0 Å². The third-order valence-corrected chi connectivity index (χ3v) is 7.16. The van der Waals surface area contributed by atoms with Crippen LogP contribution in [0.1, 0.15) is 18.5 Å². The van der Waals surface area contributed by atoms with Gasteiger partial charge in [-0.15, -0.1) is 10.2 Å². The van der Waals surface area contributed by atoms with Crippen molar-refractivity contribution in [2.45, 2.75) is 20.4 Å². The smallest absolute Gasteiger partial charge is 0.249 e. The molecule has 0 aliphatic heterocycles. The molecule has 2 aromatic heterocycles. The minimum atomic E-state index is -2.64. The van der Waals surface area contributed by atoms with E-state index in [4.69, 9.17) is 27.6 Å². The van der Waals surface area contributed by atoms with Crippen LogP contribution in [-0.4, -0.2) is 31.4 Å². The van der Waals surface area contributed by atoms with Crippen LogP contribution in [0.4, 0.5) is 5.69 Å². The third-order valence-electron chi connectivity index (χ3n) is 4.15. The van der Waals surface area contributed by atoms with Gasteiger partial charge >= 0.3 is 0 Å². The number of thiol groups is 1. The van der Waals surface area contributed by atoms with Crippen molar-refractivity contribution in [2.75, 3.05) is 16.3 Å². The Labute approximate surface area is 169 Å². The molecule has 0 atom stereocenters. The molecule has 0 fully saturated rings. The molecule has 0 spiro atoms. The monoisotopic (exact) mass is 426 g/mol. The first-order valence-corrected chi connectivity index (χ1v) is 11.4. The third kappa shape index (κ3) is 4.66. The predicted octanol–water partition coefficient (Wildman–Crippen LogP) is 4.33. The number of aryl methyl sites for hydroxylation is 1. The Morgan fingerprint density at radius 2 is 1.85 bits per heavy atom. The highest BCUT2D eigenvalue weighted by Gasteiger charge is 2.20. The SMILES string of the molecule is CC[SH](C)(=O)N(Cc1ccc(-c2nnc(C)o2)cn1)c1cc(Cl)cc(Cl)c1. The molecule has 0 radical (unpaired) electrons. The van der Waals surface area contributed by atoms with Crippen LogP contribution < -0.4 is 4.31 Å². The Balaban J connectivity index is 1.91. The van der Waals surface area contributed by atoms with Gasteiger partial charge in [-0.3, -0.25) is 9.19 Å². The van der Waals surface area contributed by atoms with Crippen molar-refractivity contribution >= 4 is 39.0 Å². The zero-order valence-electron chi connectivity index (χ0n) is 15.2. The van der Waals surface area contributed by atoms with Crippen LogP contribution in [-0.2, 0) is 16.7 Å². The van der Waals surface area contributed by atoms with Gasteiger partial charge in [-0.2, -0.15) is 0 Å². The predicted molar refractivity (Wildman–Crippen MR) is 111 cm³/mol. The summed E-state index contributed by atoms with van der Waals surface area (Å²) in [5.74, 6) is 1.42. The molecule has 27 heavy (non-hydrogen) atoms. The first-order chi connectivity index (χ1) is 12.8. The van der Waals surface area contributed by atoms with Crippen molar-refractivity contribution in [3.8, 4) is 11.5 Å². The molecule has 0 aliphatic rings. The number of pyridine rings is 1. The highest BCUT2D eigenvalue weighted by molar-refractivity contribution is 8.03. The Morgan fingerprint density at radius 3 is 2.37 bits per heavy atom. The lowest BCUT2D eigenvalue weighted by atomic mass is 10.2. The summed E-state index contributed by atoms with van der Waals surface area (Å²) in [6.45, 7) is 3.99. The molecule has 0 aliphatic carbocycles. The van der Waals surface area contributed by atoms with E-state index in [0.29, 0.717) is 39.8 Å². The maximum absolute atomic E-state index is 13.2. The quantitative estimate of drug-likeness (QED) is 0.593. The fourth-order valence-electron chi connectivity index (χ4n) is 2.56. The molecular formula is C18H20Cl2N4O2S. The Bertz CT molecular complexity index is 971. The van der Waals surface area contributed by atoms with E-state index >= 15 is 0 Å². The van der Waals surface area contributed by atoms with Crippen molar-refractivity contribution in [1.82, 2.24) is 15.2 Å². The second-order valence-electron chi connectivity index (χ2n) is 6.22. The highest BCUT2D eigenvalue weighted by atomic mass is 35.5. The lowest BCUT2D eigenvalue weighted by Crippen LogP contribution is -2.37. The number of benzene rings is 1. The van der Waals surface area contributed by atoms with Crippen LogP contribution in [0.3, 0.4) is 0 Å². The van der Waals surface area contributed by atoms with E-state index in [2.05, 4.69) is 15.2 Å². The number of halogens is 2. The largest absolute Gasteiger partial charge is 0.421 e. The standard InChI is InChI=1S/C18H20Cl2N4O2S/c1-4-27(3,25)24(17-8-14(19)7-15(20)9-17)11-16-6-5-13(10-21-16)18-23-22-12(2)26-18/h5-10,27H,4,11H2,1-3H3. The van der Waals surface area contributed by atoms with E-state index in [1.54, 1.807) is 37.6 Å². The van der Waals surface area contributed by atoms with Gasteiger partial charge in [-0.25, -0.2) is 0 Å². The van der Waals surface area contributed by atoms with Crippen molar-refractivity contribution in [1.29, 1.82) is 0 Å². The van der Waals surface area contributed by atoms with Crippen LogP contribution in [0.15, 0.2) is 40.9 Å². The van der Waals surface area contributed by atoms with Gasteiger partial charge in [0, 0.05) is 35.2 Å². The van der Waals surface area contributed by atoms with E-state index in [9.17, 15) is 4.21 Å². The van der Waals surface area contributed by atoms with Crippen LogP contribution in [0.2, 0.25) is 10.0 Å². The minimum absolute atomic E-state index is 0.363. The summed E-state index contributed by atoms with van der Waals surface area (Å²) in [4.78, 5) is 4.47. The van der Waals surface area contributed by atoms with Crippen LogP contribution in [0, 0.1) is 6.92 Å². The van der Waals surface area contributed by atoms with Crippen LogP contribution >= 0.6 is 23.2 Å². The topological polar surface area (TPSA) is 72.1 Å². The van der Waals surface area contributed by atoms with Crippen molar-refractivity contribution in [2.24, 2.45) is 0 Å². The zero-order chi connectivity index (χ0) is 19.6. The number of rotatable bonds is 6. The van der Waals surface area contributed by atoms with Gasteiger partial charge in [0.25, 0.3) is 0 Å². The average molecular weight is 427 g/mol. The summed E-state index contributed by atoms with van der Waals surface area (Å²) in [5.41, 5.74) is 2.19. The van der Waals surface area contributed by atoms with Crippen molar-refractivity contribution in [3.63, 3.8) is 0 Å². The Hall–Kier alpha value is -1.96. The minimum Gasteiger partial charge on any atom is -0.421 e. The molecule has 0 saturated carbocycles. The van der Waals surface area contributed by atoms with Crippen molar-refractivity contribution in [3.05, 3.63) is 58.2 Å². The number of hydrogen-bond donors (Lipinski definition) is 1. The molecule has 9 heteroatoms. The maximum Gasteiger partial charge on any atom is 0.249 e. The van der Waals surface area contributed by atoms with E-state index in [0.717, 1.165) is 11.3 Å². The first-order valence-electron chi connectivity index (χ1n) is 8.34. The molecule has 0 unspecified atom stereocenters. The summed E-state index contributed by atoms with van der Waals surface area (Å²) in [5, 5.41) is 8.79. The lowest BCUT2D eigenvalue weighted by molar-refractivity contribution is 0.532. The molecule has 144 valence electrons. The maximum atomic E-state index is 13.2. The Kier molecular flexibility index (Phi) is 5.83. The van der Waals surface area contributed by atoms with Crippen LogP contribution in [0.5, 0.6) is 0 Å². The summed E-state index contributed by atoms with van der Waals surface area (Å²) < 4.78 is 20.4. The van der Waals surface area contributed by atoms with Crippen molar-refractivity contribution < 1.29 is 8.63 Å². The summed E-state index contributed by atoms with van der Waals surface area (Å²) in [7, 11) is -2.64. The fraction of sp³-hybridized carbons (Fsp3) is 0.278. The average Bonchev–Trinajstić information content (AvgIpc) is 3.05. The number of aromatic nitrogens is 3. The summed E-state index contributed by atoms with van der Waals surface area (Å²) >= 11 is 12.3. The first kappa shape index (κ1) is 19.8. The van der Waals surface area contributed by atoms with Gasteiger partial charge in [0.05, 0.1) is 23.5 Å². The second-order valence-corrected chi connectivity index (χ2v) is 10.3. The van der Waals surface area contributed by atoms with Gasteiger partial charge < -0.3 is 8.72 Å². The van der Waals surface area contributed by atoms with E-state index in [1.165, 1.54) is 0 Å². The fourth-order valence-corrected chi connectivity index (χ4v) is 4.46. The number of nitrogens with zero attached hydrogens (tertiary/aromatic N) is 4. The van der Waals surface area contributed by atoms with E-state index in [-0.39, 0.29) is 0 Å². The summed E-state index contributed by atoms with van der Waals surface area (Å²) in [6.07, 6.45) is 3.41. The Morgan fingerprint density at radius 1 is 1.15 bits per heavy atom. The van der Waals surface area contributed by atoms with Crippen LogP contribution in [0.25, 0.3) is 11.5 Å². The summed E-state index contributed by atoms with van der Waals surface area (Å²) in [6, 6.07) is 8.87. The lowest BCUT2D eigenvalue weighted by Gasteiger charge is -2.35. The molecule has 6 nitrogen and oxygen atoms in total. The molecule has 2 heterocycles. The molecule has 0 saturated heterocycles. The van der Waals surface area contributed by atoms with E-state index in [1.807, 2.05) is 23.4 Å². The molecular weight excluding hydrogens is 407 g/mol. The number of anilines is 1. The van der Waals surface area contributed by atoms with E-state index < -0.39 is 10.1 Å². The van der Waals surface area contributed by atoms with Gasteiger partial charge in [0.2, 0.25) is 11.8 Å². The molecule has 0 N–H and O–H groups in total. The van der Waals surface area contributed by atoms with Gasteiger partial charge in [-0.05, 0) is 40.5 Å². The molecule has 0 amide bonds. The molecule has 3 rings (SSSR count).